The van der Waals surface area contributed by atoms with Crippen LogP contribution in [-0.2, 0) is 28.4 Å². The number of amides is 1. The molecule has 0 aliphatic carbocycles. The summed E-state index contributed by atoms with van der Waals surface area (Å²) < 4.78 is 93.8. The summed E-state index contributed by atoms with van der Waals surface area (Å²) in [5.41, 5.74) is -1.65. The Morgan fingerprint density at radius 1 is 1.02 bits per heavy atom. The minimum Gasteiger partial charge on any atom is -0.449 e. The lowest BCUT2D eigenvalue weighted by molar-refractivity contribution is -0.143. The maximum atomic E-state index is 13.8. The monoisotopic (exact) mass is 667 g/mol. The number of hydrogen-bond donors (Lipinski definition) is 1. The molecule has 5 rings (SSSR count). The number of hydrogen-bond acceptors (Lipinski definition) is 9. The van der Waals surface area contributed by atoms with E-state index >= 15 is 0 Å². The van der Waals surface area contributed by atoms with Crippen molar-refractivity contribution in [1.29, 1.82) is 0 Å². The van der Waals surface area contributed by atoms with E-state index in [0.29, 0.717) is 67.7 Å². The van der Waals surface area contributed by atoms with Crippen LogP contribution in [-0.4, -0.2) is 67.0 Å². The van der Waals surface area contributed by atoms with Crippen molar-refractivity contribution in [2.45, 2.75) is 57.7 Å². The first-order valence-corrected chi connectivity index (χ1v) is 15.2. The number of carbonyl (C=O) groups excluding carboxylic acids is 1. The topological polar surface area (TPSA) is 96.0 Å². The van der Waals surface area contributed by atoms with Crippen LogP contribution in [0.4, 0.5) is 54.3 Å². The fourth-order valence-corrected chi connectivity index (χ4v) is 5.87. The molecule has 3 aromatic rings. The molecule has 0 unspecified atom stereocenters. The number of halogens is 6. The second kappa shape index (κ2) is 13.8. The maximum absolute atomic E-state index is 13.8. The van der Waals surface area contributed by atoms with Gasteiger partial charge in [0.25, 0.3) is 0 Å². The van der Waals surface area contributed by atoms with Gasteiger partial charge in [0.15, 0.2) is 0 Å². The zero-order valence-electron chi connectivity index (χ0n) is 26.0. The molecule has 1 amide bonds. The quantitative estimate of drug-likeness (QED) is 0.264. The van der Waals surface area contributed by atoms with Crippen LogP contribution in [0, 0.1) is 0 Å². The molecule has 0 spiro atoms. The number of alkyl halides is 6. The molecular weight excluding hydrogens is 632 g/mol. The Balaban J connectivity index is 1.66. The van der Waals surface area contributed by atoms with E-state index in [4.69, 9.17) is 14.5 Å². The summed E-state index contributed by atoms with van der Waals surface area (Å²) in [5.74, 6) is 0.509. The van der Waals surface area contributed by atoms with Crippen molar-refractivity contribution in [3.63, 3.8) is 0 Å². The molecule has 2 atom stereocenters. The van der Waals surface area contributed by atoms with Gasteiger partial charge >= 0.3 is 18.4 Å². The number of carbonyl (C=O) groups is 1. The van der Waals surface area contributed by atoms with Crippen molar-refractivity contribution in [3.05, 3.63) is 65.1 Å². The SMILES string of the molecule is CCOC(=O)N1c2ccc(NC)nc2[C@@H](N(Cc2cc(C(F)(F)F)cc(C(F)(F)F)c2)c2ncc(N3CCOCC3)cn2)C[C@H]1CC. The Morgan fingerprint density at radius 2 is 1.66 bits per heavy atom. The minimum absolute atomic E-state index is 0.0695. The molecule has 0 bridgehead atoms. The smallest absolute Gasteiger partial charge is 0.416 e. The second-order valence-corrected chi connectivity index (χ2v) is 11.1. The molecule has 4 heterocycles. The van der Waals surface area contributed by atoms with E-state index in [1.807, 2.05) is 11.8 Å². The van der Waals surface area contributed by atoms with Crippen molar-refractivity contribution in [2.75, 3.05) is 60.0 Å². The number of benzene rings is 1. The number of morpholine rings is 1. The highest BCUT2D eigenvalue weighted by Gasteiger charge is 2.42. The molecule has 1 fully saturated rings. The lowest BCUT2D eigenvalue weighted by atomic mass is 9.92. The predicted molar refractivity (Wildman–Crippen MR) is 162 cm³/mol. The molecule has 2 aliphatic rings. The number of pyridine rings is 1. The van der Waals surface area contributed by atoms with Crippen molar-refractivity contribution >= 4 is 29.2 Å². The summed E-state index contributed by atoms with van der Waals surface area (Å²) >= 11 is 0. The fraction of sp³-hybridized carbons (Fsp3) is 0.484. The Morgan fingerprint density at radius 3 is 2.21 bits per heavy atom. The molecule has 1 saturated heterocycles. The van der Waals surface area contributed by atoms with Gasteiger partial charge in [-0.2, -0.15) is 26.3 Å². The predicted octanol–water partition coefficient (Wildman–Crippen LogP) is 6.68. The lowest BCUT2D eigenvalue weighted by Gasteiger charge is -2.43. The highest BCUT2D eigenvalue weighted by Crippen LogP contribution is 2.44. The summed E-state index contributed by atoms with van der Waals surface area (Å²) in [6, 6.07) is 3.65. The van der Waals surface area contributed by atoms with Gasteiger partial charge in [0, 0.05) is 32.7 Å². The summed E-state index contributed by atoms with van der Waals surface area (Å²) in [6.07, 6.45) is -6.83. The van der Waals surface area contributed by atoms with Gasteiger partial charge in [-0.3, -0.25) is 4.90 Å². The van der Waals surface area contributed by atoms with E-state index in [9.17, 15) is 31.1 Å². The van der Waals surface area contributed by atoms with Crippen LogP contribution in [0.25, 0.3) is 0 Å². The average molecular weight is 668 g/mol. The number of rotatable bonds is 8. The number of aromatic nitrogens is 3. The number of fused-ring (bicyclic) bond motifs is 1. The standard InChI is InChI=1S/C31H35F6N7O3/c1-4-22-15-25(27-24(6-7-26(38-3)41-27)44(22)29(45)47-5-2)43(28-39-16-23(17-40-28)42-8-10-46-11-9-42)18-19-12-20(30(32,33)34)14-21(13-19)31(35,36)37/h6-7,12-14,16-17,22,25H,4-5,8-11,15,18H2,1-3H3,(H,38,41)/t22-,25+/m1/s1. The number of ether oxygens (including phenoxy) is 2. The summed E-state index contributed by atoms with van der Waals surface area (Å²) in [6.45, 7) is 5.48. The molecule has 2 aromatic heterocycles. The van der Waals surface area contributed by atoms with Crippen LogP contribution >= 0.6 is 0 Å². The first-order valence-electron chi connectivity index (χ1n) is 15.2. The van der Waals surface area contributed by atoms with Gasteiger partial charge in [0.1, 0.15) is 5.82 Å². The van der Waals surface area contributed by atoms with Gasteiger partial charge in [-0.15, -0.1) is 0 Å². The number of anilines is 4. The molecule has 0 radical (unpaired) electrons. The maximum Gasteiger partial charge on any atom is 0.416 e. The zero-order valence-corrected chi connectivity index (χ0v) is 26.0. The normalized spacial score (nSPS) is 18.5. The van der Waals surface area contributed by atoms with Crippen molar-refractivity contribution < 1.29 is 40.6 Å². The molecular formula is C31H35F6N7O3. The van der Waals surface area contributed by atoms with Crippen LogP contribution in [0.1, 0.15) is 55.1 Å². The Bertz CT molecular complexity index is 1520. The van der Waals surface area contributed by atoms with Gasteiger partial charge in [0.2, 0.25) is 5.95 Å². The van der Waals surface area contributed by atoms with Crippen LogP contribution in [0.2, 0.25) is 0 Å². The first-order chi connectivity index (χ1) is 22.3. The Kier molecular flexibility index (Phi) is 9.98. The molecule has 1 aromatic carbocycles. The van der Waals surface area contributed by atoms with Crippen LogP contribution < -0.4 is 20.0 Å². The molecule has 2 aliphatic heterocycles. The average Bonchev–Trinajstić information content (AvgIpc) is 3.06. The van der Waals surface area contributed by atoms with Gasteiger partial charge < -0.3 is 24.6 Å². The van der Waals surface area contributed by atoms with E-state index in [2.05, 4.69) is 15.3 Å². The van der Waals surface area contributed by atoms with Gasteiger partial charge in [-0.1, -0.05) is 6.92 Å². The fourth-order valence-electron chi connectivity index (χ4n) is 5.87. The first kappa shape index (κ1) is 34.0. The highest BCUT2D eigenvalue weighted by atomic mass is 19.4. The van der Waals surface area contributed by atoms with Crippen molar-refractivity contribution in [1.82, 2.24) is 15.0 Å². The van der Waals surface area contributed by atoms with E-state index in [0.717, 1.165) is 0 Å². The molecule has 1 N–H and O–H groups in total. The van der Waals surface area contributed by atoms with Crippen LogP contribution in [0.15, 0.2) is 42.7 Å². The number of nitrogens with one attached hydrogen (secondary N) is 1. The third-order valence-corrected chi connectivity index (χ3v) is 8.16. The highest BCUT2D eigenvalue weighted by molar-refractivity contribution is 5.90. The van der Waals surface area contributed by atoms with Crippen molar-refractivity contribution in [2.24, 2.45) is 0 Å². The molecule has 47 heavy (non-hydrogen) atoms. The van der Waals surface area contributed by atoms with Crippen molar-refractivity contribution in [3.8, 4) is 0 Å². The molecule has 16 heteroatoms. The largest absolute Gasteiger partial charge is 0.449 e. The summed E-state index contributed by atoms with van der Waals surface area (Å²) in [5, 5.41) is 2.95. The second-order valence-electron chi connectivity index (χ2n) is 11.1. The van der Waals surface area contributed by atoms with E-state index in [1.165, 1.54) is 4.90 Å². The van der Waals surface area contributed by atoms with E-state index < -0.39 is 48.2 Å². The zero-order chi connectivity index (χ0) is 33.9. The van der Waals surface area contributed by atoms with Crippen LogP contribution in [0.5, 0.6) is 0 Å². The van der Waals surface area contributed by atoms with Gasteiger partial charge in [0.05, 0.1) is 66.5 Å². The number of nitrogens with zero attached hydrogens (tertiary/aromatic N) is 6. The third-order valence-electron chi connectivity index (χ3n) is 8.16. The summed E-state index contributed by atoms with van der Waals surface area (Å²) in [4.78, 5) is 32.1. The van der Waals surface area contributed by atoms with E-state index in [-0.39, 0.29) is 30.6 Å². The third kappa shape index (κ3) is 7.47. The van der Waals surface area contributed by atoms with Gasteiger partial charge in [-0.25, -0.2) is 19.7 Å². The summed E-state index contributed by atoms with van der Waals surface area (Å²) in [7, 11) is 1.65. The Labute approximate surface area is 267 Å². The molecule has 0 saturated carbocycles. The Hall–Kier alpha value is -4.34. The molecule has 254 valence electrons. The minimum atomic E-state index is -5.02. The van der Waals surface area contributed by atoms with Crippen LogP contribution in [0.3, 0.4) is 0 Å². The lowest BCUT2D eigenvalue weighted by Crippen LogP contribution is -2.48. The van der Waals surface area contributed by atoms with Gasteiger partial charge in [-0.05, 0) is 55.7 Å². The molecule has 10 nitrogen and oxygen atoms in total. The van der Waals surface area contributed by atoms with E-state index in [1.54, 1.807) is 43.4 Å².